The summed E-state index contributed by atoms with van der Waals surface area (Å²) in [6.07, 6.45) is -0.170. The molecule has 0 radical (unpaired) electrons. The number of hydrogen-bond donors (Lipinski definition) is 0. The molecular weight excluding hydrogens is 342 g/mol. The molecule has 0 heterocycles. The van der Waals surface area contributed by atoms with Crippen LogP contribution in [0.1, 0.15) is 29.6 Å². The molecule has 1 aliphatic carbocycles. The number of nitro benzene ring substituents is 1. The van der Waals surface area contributed by atoms with Gasteiger partial charge in [0.05, 0.1) is 9.82 Å². The minimum absolute atomic E-state index is 0.0821. The van der Waals surface area contributed by atoms with E-state index in [-0.39, 0.29) is 17.7 Å². The van der Waals surface area contributed by atoms with E-state index in [0.717, 1.165) is 24.5 Å². The second-order valence-electron chi connectivity index (χ2n) is 5.28. The lowest BCUT2D eigenvalue weighted by molar-refractivity contribution is -0.385. The Kier molecular flexibility index (Phi) is 4.78. The topological polar surface area (TPSA) is 138 Å². The Morgan fingerprint density at radius 1 is 1.25 bits per heavy atom. The van der Waals surface area contributed by atoms with E-state index in [4.69, 9.17) is 4.74 Å². The van der Waals surface area contributed by atoms with Gasteiger partial charge in [-0.3, -0.25) is 19.7 Å². The van der Waals surface area contributed by atoms with Crippen molar-refractivity contribution in [3.63, 3.8) is 0 Å². The molecule has 1 saturated carbocycles. The molecule has 128 valence electrons. The number of nitro groups is 1. The zero-order valence-corrected chi connectivity index (χ0v) is 13.4. The summed E-state index contributed by atoms with van der Waals surface area (Å²) in [5, 5.41) is 11.1. The number of hydrogen-bond acceptors (Lipinski definition) is 8. The van der Waals surface area contributed by atoms with Gasteiger partial charge in [-0.25, -0.2) is 13.2 Å². The van der Waals surface area contributed by atoms with Crippen molar-refractivity contribution in [2.75, 3.05) is 6.26 Å². The van der Waals surface area contributed by atoms with Crippen LogP contribution < -0.4 is 0 Å². The Hall–Kier alpha value is -2.62. The van der Waals surface area contributed by atoms with Crippen LogP contribution in [-0.2, 0) is 24.2 Å². The summed E-state index contributed by atoms with van der Waals surface area (Å²) in [6, 6.07) is 2.68. The van der Waals surface area contributed by atoms with Gasteiger partial charge in [0.1, 0.15) is 5.56 Å². The van der Waals surface area contributed by atoms with Crippen molar-refractivity contribution in [2.24, 2.45) is 0 Å². The first-order valence-electron chi connectivity index (χ1n) is 6.86. The highest BCUT2D eigenvalue weighted by atomic mass is 32.2. The maximum Gasteiger partial charge on any atom is 0.346 e. The van der Waals surface area contributed by atoms with Gasteiger partial charge in [-0.1, -0.05) is 0 Å². The highest BCUT2D eigenvalue weighted by Crippen LogP contribution is 2.25. The van der Waals surface area contributed by atoms with Gasteiger partial charge in [0.25, 0.3) is 5.69 Å². The highest BCUT2D eigenvalue weighted by molar-refractivity contribution is 7.90. The summed E-state index contributed by atoms with van der Waals surface area (Å²) < 4.78 is 27.8. The molecule has 10 heteroatoms. The zero-order chi connectivity index (χ0) is 18.1. The first-order chi connectivity index (χ1) is 11.1. The Bertz CT molecular complexity index is 826. The number of Topliss-reactive ketones (excluding diaryl/α,β-unsaturated/α-hetero) is 2. The van der Waals surface area contributed by atoms with Crippen molar-refractivity contribution >= 4 is 33.1 Å². The molecule has 1 aromatic rings. The second-order valence-corrected chi connectivity index (χ2v) is 7.30. The van der Waals surface area contributed by atoms with Crippen LogP contribution >= 0.6 is 0 Å². The van der Waals surface area contributed by atoms with Crippen LogP contribution in [0.4, 0.5) is 5.69 Å². The molecule has 0 saturated heterocycles. The van der Waals surface area contributed by atoms with Crippen molar-refractivity contribution in [2.45, 2.75) is 30.3 Å². The lowest BCUT2D eigenvalue weighted by Gasteiger charge is -2.19. The standard InChI is InChI=1S/C14H13NO8S/c1-24(21,22)8-5-6-9(10(7-8)15(19)20)14(18)23-13-11(16)3-2-4-12(13)17/h5-7,13H,2-4H2,1H3. The minimum atomic E-state index is -3.71. The SMILES string of the molecule is CS(=O)(=O)c1ccc(C(=O)OC2C(=O)CCCC2=O)c([N+](=O)[O-])c1. The summed E-state index contributed by atoms with van der Waals surface area (Å²) in [7, 11) is -3.71. The van der Waals surface area contributed by atoms with Crippen molar-refractivity contribution in [3.05, 3.63) is 33.9 Å². The van der Waals surface area contributed by atoms with E-state index in [1.54, 1.807) is 0 Å². The normalized spacial score (nSPS) is 16.0. The quantitative estimate of drug-likeness (QED) is 0.335. The molecule has 0 aromatic heterocycles. The summed E-state index contributed by atoms with van der Waals surface area (Å²) in [5.74, 6) is -2.35. The lowest BCUT2D eigenvalue weighted by Crippen LogP contribution is -2.38. The van der Waals surface area contributed by atoms with Crippen molar-refractivity contribution < 1.29 is 32.5 Å². The number of esters is 1. The molecule has 2 rings (SSSR count). The number of carbonyl (C=O) groups excluding carboxylic acids is 3. The van der Waals surface area contributed by atoms with Gasteiger partial charge in [0.15, 0.2) is 21.4 Å². The number of sulfone groups is 1. The van der Waals surface area contributed by atoms with Crippen LogP contribution in [0.2, 0.25) is 0 Å². The molecule has 1 aliphatic rings. The van der Waals surface area contributed by atoms with E-state index in [0.29, 0.717) is 6.42 Å². The molecular formula is C14H13NO8S. The number of rotatable bonds is 4. The van der Waals surface area contributed by atoms with Crippen LogP contribution in [-0.4, -0.2) is 43.2 Å². The van der Waals surface area contributed by atoms with E-state index in [2.05, 4.69) is 0 Å². The predicted octanol–water partition coefficient (Wildman–Crippen LogP) is 0.846. The molecule has 0 bridgehead atoms. The Balaban J connectivity index is 2.37. The average Bonchev–Trinajstić information content (AvgIpc) is 2.49. The summed E-state index contributed by atoms with van der Waals surface area (Å²) in [5.41, 5.74) is -1.31. The fourth-order valence-electron chi connectivity index (χ4n) is 2.25. The van der Waals surface area contributed by atoms with E-state index in [9.17, 15) is 32.9 Å². The number of ketones is 2. The van der Waals surface area contributed by atoms with Crippen LogP contribution in [0.15, 0.2) is 23.1 Å². The average molecular weight is 355 g/mol. The first-order valence-corrected chi connectivity index (χ1v) is 8.75. The number of nitrogens with zero attached hydrogens (tertiary/aromatic N) is 1. The van der Waals surface area contributed by atoms with Gasteiger partial charge >= 0.3 is 5.97 Å². The largest absolute Gasteiger partial charge is 0.442 e. The van der Waals surface area contributed by atoms with Gasteiger partial charge in [-0.2, -0.15) is 0 Å². The second kappa shape index (κ2) is 6.48. The van der Waals surface area contributed by atoms with Crippen LogP contribution in [0.25, 0.3) is 0 Å². The molecule has 0 N–H and O–H groups in total. The molecule has 24 heavy (non-hydrogen) atoms. The summed E-state index contributed by atoms with van der Waals surface area (Å²) in [6.45, 7) is 0. The fraction of sp³-hybridized carbons (Fsp3) is 0.357. The van der Waals surface area contributed by atoms with Gasteiger partial charge in [-0.05, 0) is 18.6 Å². The van der Waals surface area contributed by atoms with Gasteiger partial charge in [0, 0.05) is 25.2 Å². The van der Waals surface area contributed by atoms with Crippen molar-refractivity contribution in [1.82, 2.24) is 0 Å². The molecule has 0 spiro atoms. The molecule has 1 aromatic carbocycles. The first kappa shape index (κ1) is 17.7. The van der Waals surface area contributed by atoms with Crippen LogP contribution in [0, 0.1) is 10.1 Å². The van der Waals surface area contributed by atoms with Crippen LogP contribution in [0.3, 0.4) is 0 Å². The highest BCUT2D eigenvalue weighted by Gasteiger charge is 2.35. The van der Waals surface area contributed by atoms with E-state index < -0.39 is 49.7 Å². The van der Waals surface area contributed by atoms with E-state index in [1.165, 1.54) is 0 Å². The summed E-state index contributed by atoms with van der Waals surface area (Å²) in [4.78, 5) is 45.3. The fourth-order valence-corrected chi connectivity index (χ4v) is 2.89. The Labute approximate surface area is 136 Å². The third-order valence-corrected chi connectivity index (χ3v) is 4.58. The van der Waals surface area contributed by atoms with Gasteiger partial charge in [0.2, 0.25) is 6.10 Å². The zero-order valence-electron chi connectivity index (χ0n) is 12.6. The molecule has 0 aliphatic heterocycles. The molecule has 9 nitrogen and oxygen atoms in total. The molecule has 1 fully saturated rings. The van der Waals surface area contributed by atoms with E-state index in [1.807, 2.05) is 0 Å². The van der Waals surface area contributed by atoms with Crippen molar-refractivity contribution in [1.29, 1.82) is 0 Å². The third kappa shape index (κ3) is 3.65. The number of benzene rings is 1. The van der Waals surface area contributed by atoms with E-state index >= 15 is 0 Å². The maximum absolute atomic E-state index is 12.1. The summed E-state index contributed by atoms with van der Waals surface area (Å²) >= 11 is 0. The van der Waals surface area contributed by atoms with Gasteiger partial charge in [-0.15, -0.1) is 0 Å². The lowest BCUT2D eigenvalue weighted by atomic mass is 9.95. The molecule has 0 atom stereocenters. The smallest absolute Gasteiger partial charge is 0.346 e. The number of ether oxygens (including phenoxy) is 1. The Morgan fingerprint density at radius 2 is 1.83 bits per heavy atom. The van der Waals surface area contributed by atoms with Crippen LogP contribution in [0.5, 0.6) is 0 Å². The number of carbonyl (C=O) groups is 3. The predicted molar refractivity (Wildman–Crippen MR) is 79.3 cm³/mol. The monoisotopic (exact) mass is 355 g/mol. The Morgan fingerprint density at radius 3 is 2.33 bits per heavy atom. The molecule has 0 unspecified atom stereocenters. The van der Waals surface area contributed by atoms with Crippen molar-refractivity contribution in [3.8, 4) is 0 Å². The van der Waals surface area contributed by atoms with Gasteiger partial charge < -0.3 is 4.74 Å². The maximum atomic E-state index is 12.1. The third-order valence-electron chi connectivity index (χ3n) is 3.47. The molecule has 0 amide bonds. The minimum Gasteiger partial charge on any atom is -0.442 e.